The Labute approximate surface area is 255 Å². The number of nitrogens with zero attached hydrogens (tertiary/aromatic N) is 1. The zero-order valence-electron chi connectivity index (χ0n) is 25.0. The standard InChI is InChI=1S/C36H42N2O5/c1-38(2)36(39)35(43-26-31-21-13-6-14-22-31)34(42-25-30-19-11-5-12-20-30)33(41-24-29-17-9-4-10-18-29)32(37)27-40-23-28-15-7-3-8-16-28/h3-22,32-35H,23-27,37H2,1-2H3. The number of carbonyl (C=O) groups is 1. The first-order valence-corrected chi connectivity index (χ1v) is 14.6. The van der Waals surface area contributed by atoms with E-state index < -0.39 is 24.4 Å². The van der Waals surface area contributed by atoms with Crippen molar-refractivity contribution >= 4 is 5.91 Å². The fourth-order valence-corrected chi connectivity index (χ4v) is 4.65. The highest BCUT2D eigenvalue weighted by molar-refractivity contribution is 5.81. The second kappa shape index (κ2) is 17.3. The number of carbonyl (C=O) groups excluding carboxylic acids is 1. The number of ether oxygens (including phenoxy) is 4. The summed E-state index contributed by atoms with van der Waals surface area (Å²) in [5.41, 5.74) is 10.8. The summed E-state index contributed by atoms with van der Waals surface area (Å²) in [6.07, 6.45) is -2.55. The molecule has 4 aromatic carbocycles. The van der Waals surface area contributed by atoms with Crippen molar-refractivity contribution in [1.29, 1.82) is 0 Å². The van der Waals surface area contributed by atoms with Crippen molar-refractivity contribution in [3.05, 3.63) is 144 Å². The lowest BCUT2D eigenvalue weighted by Gasteiger charge is -2.36. The van der Waals surface area contributed by atoms with Crippen LogP contribution in [0, 0.1) is 0 Å². The third-order valence-electron chi connectivity index (χ3n) is 6.99. The van der Waals surface area contributed by atoms with Crippen molar-refractivity contribution in [1.82, 2.24) is 4.90 Å². The molecule has 4 aromatic rings. The van der Waals surface area contributed by atoms with Gasteiger partial charge in [-0.15, -0.1) is 0 Å². The van der Waals surface area contributed by atoms with Gasteiger partial charge < -0.3 is 29.6 Å². The molecular formula is C36H42N2O5. The Morgan fingerprint density at radius 3 is 1.37 bits per heavy atom. The highest BCUT2D eigenvalue weighted by Gasteiger charge is 2.41. The van der Waals surface area contributed by atoms with E-state index in [9.17, 15) is 4.79 Å². The van der Waals surface area contributed by atoms with Crippen LogP contribution in [0.5, 0.6) is 0 Å². The Morgan fingerprint density at radius 1 is 0.581 bits per heavy atom. The Morgan fingerprint density at radius 2 is 0.953 bits per heavy atom. The molecule has 0 saturated carbocycles. The third-order valence-corrected chi connectivity index (χ3v) is 6.99. The number of rotatable bonds is 17. The molecule has 0 aliphatic rings. The number of hydrogen-bond donors (Lipinski definition) is 1. The van der Waals surface area contributed by atoms with Crippen molar-refractivity contribution in [2.45, 2.75) is 50.8 Å². The molecule has 7 nitrogen and oxygen atoms in total. The van der Waals surface area contributed by atoms with Crippen LogP contribution >= 0.6 is 0 Å². The summed E-state index contributed by atoms with van der Waals surface area (Å²) in [6, 6.07) is 38.7. The molecule has 1 amide bonds. The summed E-state index contributed by atoms with van der Waals surface area (Å²) in [6.45, 7) is 1.35. The fraction of sp³-hybridized carbons (Fsp3) is 0.306. The molecule has 0 heterocycles. The van der Waals surface area contributed by atoms with Gasteiger partial charge in [0.15, 0.2) is 6.10 Å². The van der Waals surface area contributed by atoms with E-state index >= 15 is 0 Å². The molecule has 0 fully saturated rings. The molecule has 4 atom stereocenters. The number of likely N-dealkylation sites (N-methyl/N-ethyl adjacent to an activating group) is 1. The van der Waals surface area contributed by atoms with Crippen LogP contribution < -0.4 is 5.73 Å². The van der Waals surface area contributed by atoms with Crippen LogP contribution in [-0.2, 0) is 50.2 Å². The molecule has 0 aliphatic carbocycles. The molecule has 226 valence electrons. The first-order valence-electron chi connectivity index (χ1n) is 14.6. The van der Waals surface area contributed by atoms with Crippen LogP contribution in [0.25, 0.3) is 0 Å². The van der Waals surface area contributed by atoms with Gasteiger partial charge >= 0.3 is 0 Å². The predicted octanol–water partition coefficient (Wildman–Crippen LogP) is 5.37. The number of benzene rings is 4. The minimum atomic E-state index is -0.986. The van der Waals surface area contributed by atoms with Crippen LogP contribution in [0.2, 0.25) is 0 Å². The normalized spacial score (nSPS) is 14.0. The van der Waals surface area contributed by atoms with Gasteiger partial charge in [-0.25, -0.2) is 0 Å². The maximum Gasteiger partial charge on any atom is 0.254 e. The van der Waals surface area contributed by atoms with E-state index in [-0.39, 0.29) is 32.3 Å². The van der Waals surface area contributed by atoms with E-state index in [1.165, 1.54) is 4.90 Å². The van der Waals surface area contributed by atoms with Gasteiger partial charge in [0.2, 0.25) is 0 Å². The zero-order valence-corrected chi connectivity index (χ0v) is 25.0. The minimum Gasteiger partial charge on any atom is -0.375 e. The van der Waals surface area contributed by atoms with Crippen molar-refractivity contribution in [3.8, 4) is 0 Å². The third kappa shape index (κ3) is 10.4. The van der Waals surface area contributed by atoms with Gasteiger partial charge in [0.25, 0.3) is 5.91 Å². The summed E-state index contributed by atoms with van der Waals surface area (Å²) in [5, 5.41) is 0. The molecular weight excluding hydrogens is 540 g/mol. The number of nitrogens with two attached hydrogens (primary N) is 1. The Kier molecular flexibility index (Phi) is 12.9. The molecule has 7 heteroatoms. The van der Waals surface area contributed by atoms with Gasteiger partial charge in [0.05, 0.1) is 39.1 Å². The van der Waals surface area contributed by atoms with Gasteiger partial charge in [0, 0.05) is 14.1 Å². The maximum absolute atomic E-state index is 13.7. The smallest absolute Gasteiger partial charge is 0.254 e. The first kappa shape index (κ1) is 32.1. The Hall–Kier alpha value is -3.85. The van der Waals surface area contributed by atoms with Crippen molar-refractivity contribution < 1.29 is 23.7 Å². The maximum atomic E-state index is 13.7. The molecule has 4 unspecified atom stereocenters. The molecule has 4 rings (SSSR count). The molecule has 43 heavy (non-hydrogen) atoms. The molecule has 0 spiro atoms. The summed E-state index contributed by atoms with van der Waals surface area (Å²) in [5.74, 6) is -0.236. The van der Waals surface area contributed by atoms with Gasteiger partial charge in [-0.1, -0.05) is 121 Å². The average Bonchev–Trinajstić information content (AvgIpc) is 3.05. The highest BCUT2D eigenvalue weighted by Crippen LogP contribution is 2.22. The van der Waals surface area contributed by atoms with Crippen molar-refractivity contribution in [2.24, 2.45) is 5.73 Å². The monoisotopic (exact) mass is 582 g/mol. The largest absolute Gasteiger partial charge is 0.375 e. The predicted molar refractivity (Wildman–Crippen MR) is 168 cm³/mol. The van der Waals surface area contributed by atoms with Crippen LogP contribution in [0.4, 0.5) is 0 Å². The zero-order chi connectivity index (χ0) is 30.3. The molecule has 0 bridgehead atoms. The van der Waals surface area contributed by atoms with E-state index in [2.05, 4.69) is 0 Å². The summed E-state index contributed by atoms with van der Waals surface area (Å²) in [7, 11) is 3.41. The van der Waals surface area contributed by atoms with Crippen LogP contribution in [0.1, 0.15) is 22.3 Å². The lowest BCUT2D eigenvalue weighted by atomic mass is 9.99. The van der Waals surface area contributed by atoms with Gasteiger partial charge in [0.1, 0.15) is 12.2 Å². The van der Waals surface area contributed by atoms with E-state index in [1.807, 2.05) is 121 Å². The number of hydrogen-bond acceptors (Lipinski definition) is 6. The second-order valence-electron chi connectivity index (χ2n) is 10.6. The molecule has 0 aromatic heterocycles. The molecule has 0 saturated heterocycles. The Balaban J connectivity index is 1.62. The molecule has 0 aliphatic heterocycles. The van der Waals surface area contributed by atoms with Gasteiger partial charge in [-0.3, -0.25) is 4.79 Å². The van der Waals surface area contributed by atoms with Crippen molar-refractivity contribution in [2.75, 3.05) is 20.7 Å². The Bertz CT molecular complexity index is 1320. The van der Waals surface area contributed by atoms with Crippen LogP contribution in [-0.4, -0.2) is 55.9 Å². The lowest BCUT2D eigenvalue weighted by Crippen LogP contribution is -2.57. The van der Waals surface area contributed by atoms with E-state index in [0.29, 0.717) is 6.61 Å². The quantitative estimate of drug-likeness (QED) is 0.180. The first-order chi connectivity index (χ1) is 21.0. The van der Waals surface area contributed by atoms with Crippen LogP contribution in [0.15, 0.2) is 121 Å². The summed E-state index contributed by atoms with van der Waals surface area (Å²) < 4.78 is 25.5. The van der Waals surface area contributed by atoms with Gasteiger partial charge in [-0.2, -0.15) is 0 Å². The fourth-order valence-electron chi connectivity index (χ4n) is 4.65. The lowest BCUT2D eigenvalue weighted by molar-refractivity contribution is -0.179. The minimum absolute atomic E-state index is 0.196. The van der Waals surface area contributed by atoms with Crippen molar-refractivity contribution in [3.63, 3.8) is 0 Å². The summed E-state index contributed by atoms with van der Waals surface area (Å²) >= 11 is 0. The SMILES string of the molecule is CN(C)C(=O)C(OCc1ccccc1)C(OCc1ccccc1)C(OCc1ccccc1)C(N)COCc1ccccc1. The van der Waals surface area contributed by atoms with Gasteiger partial charge in [-0.05, 0) is 22.3 Å². The van der Waals surface area contributed by atoms with Crippen LogP contribution in [0.3, 0.4) is 0 Å². The second-order valence-corrected chi connectivity index (χ2v) is 10.6. The van der Waals surface area contributed by atoms with E-state index in [0.717, 1.165) is 22.3 Å². The average molecular weight is 583 g/mol. The molecule has 0 radical (unpaired) electrons. The van der Waals surface area contributed by atoms with E-state index in [1.54, 1.807) is 14.1 Å². The topological polar surface area (TPSA) is 83.2 Å². The highest BCUT2D eigenvalue weighted by atomic mass is 16.6. The number of amides is 1. The summed E-state index contributed by atoms with van der Waals surface area (Å²) in [4.78, 5) is 15.2. The molecule has 2 N–H and O–H groups in total. The van der Waals surface area contributed by atoms with E-state index in [4.69, 9.17) is 24.7 Å².